The van der Waals surface area contributed by atoms with Crippen LogP contribution in [0.5, 0.6) is 5.75 Å². The molecule has 1 fully saturated rings. The SMILES string of the molecule is CC(=O)Nc1ccc(CN2CCCC3(COc4ccccc4C(=O)N3)C2)cc1. The second kappa shape index (κ2) is 7.64. The van der Waals surface area contributed by atoms with Gasteiger partial charge in [-0.25, -0.2) is 0 Å². The number of fused-ring (bicyclic) bond motifs is 1. The van der Waals surface area contributed by atoms with Gasteiger partial charge in [0.2, 0.25) is 5.91 Å². The van der Waals surface area contributed by atoms with Crippen LogP contribution in [0.4, 0.5) is 5.69 Å². The topological polar surface area (TPSA) is 70.7 Å². The van der Waals surface area contributed by atoms with Crippen molar-refractivity contribution in [1.82, 2.24) is 10.2 Å². The van der Waals surface area contributed by atoms with Crippen molar-refractivity contribution < 1.29 is 14.3 Å². The van der Waals surface area contributed by atoms with Gasteiger partial charge in [-0.3, -0.25) is 14.5 Å². The predicted molar refractivity (Wildman–Crippen MR) is 107 cm³/mol. The summed E-state index contributed by atoms with van der Waals surface area (Å²) in [7, 11) is 0. The van der Waals surface area contributed by atoms with Crippen LogP contribution in [-0.4, -0.2) is 41.9 Å². The highest BCUT2D eigenvalue weighted by atomic mass is 16.5. The van der Waals surface area contributed by atoms with E-state index < -0.39 is 0 Å². The van der Waals surface area contributed by atoms with Crippen LogP contribution >= 0.6 is 0 Å². The Labute approximate surface area is 164 Å². The molecule has 2 aromatic rings. The maximum atomic E-state index is 12.7. The largest absolute Gasteiger partial charge is 0.490 e. The zero-order valence-corrected chi connectivity index (χ0v) is 16.0. The van der Waals surface area contributed by atoms with E-state index in [0.29, 0.717) is 17.9 Å². The number of carbonyl (C=O) groups excluding carboxylic acids is 2. The molecule has 0 bridgehead atoms. The first-order valence-electron chi connectivity index (χ1n) is 9.66. The lowest BCUT2D eigenvalue weighted by molar-refractivity contribution is -0.114. The van der Waals surface area contributed by atoms with Crippen molar-refractivity contribution in [1.29, 1.82) is 0 Å². The van der Waals surface area contributed by atoms with Gasteiger partial charge >= 0.3 is 0 Å². The summed E-state index contributed by atoms with van der Waals surface area (Å²) >= 11 is 0. The molecule has 0 radical (unpaired) electrons. The highest BCUT2D eigenvalue weighted by molar-refractivity contribution is 5.97. The highest BCUT2D eigenvalue weighted by Gasteiger charge is 2.40. The average Bonchev–Trinajstić information content (AvgIpc) is 2.80. The van der Waals surface area contributed by atoms with Gasteiger partial charge in [0, 0.05) is 25.7 Å². The van der Waals surface area contributed by atoms with Gasteiger partial charge in [0.1, 0.15) is 12.4 Å². The highest BCUT2D eigenvalue weighted by Crippen LogP contribution is 2.29. The number of carbonyl (C=O) groups is 2. The Balaban J connectivity index is 1.44. The molecule has 146 valence electrons. The predicted octanol–water partition coefficient (Wildman–Crippen LogP) is 2.80. The van der Waals surface area contributed by atoms with E-state index in [0.717, 1.165) is 38.2 Å². The number of nitrogens with one attached hydrogen (secondary N) is 2. The van der Waals surface area contributed by atoms with Crippen molar-refractivity contribution in [2.45, 2.75) is 31.8 Å². The molecule has 2 aliphatic heterocycles. The Morgan fingerprint density at radius 3 is 2.79 bits per heavy atom. The zero-order chi connectivity index (χ0) is 19.6. The van der Waals surface area contributed by atoms with Gasteiger partial charge in [-0.15, -0.1) is 0 Å². The molecule has 6 heteroatoms. The van der Waals surface area contributed by atoms with Crippen molar-refractivity contribution in [2.75, 3.05) is 25.0 Å². The van der Waals surface area contributed by atoms with Gasteiger partial charge in [0.25, 0.3) is 5.91 Å². The fourth-order valence-corrected chi connectivity index (χ4v) is 4.08. The van der Waals surface area contributed by atoms with Crippen LogP contribution in [0.1, 0.15) is 35.7 Å². The van der Waals surface area contributed by atoms with Crippen LogP contribution in [-0.2, 0) is 11.3 Å². The Hall–Kier alpha value is -2.86. The van der Waals surface area contributed by atoms with Gasteiger partial charge in [0.05, 0.1) is 11.1 Å². The summed E-state index contributed by atoms with van der Waals surface area (Å²) in [5.41, 5.74) is 2.21. The standard InChI is InChI=1S/C22H25N3O3/c1-16(26)23-18-9-7-17(8-10-18)13-25-12-4-11-22(14-25)15-28-20-6-3-2-5-19(20)21(27)24-22/h2-3,5-10H,4,11-15H2,1H3,(H,23,26)(H,24,27). The minimum atomic E-state index is -0.371. The lowest BCUT2D eigenvalue weighted by Crippen LogP contribution is -2.60. The Bertz CT molecular complexity index is 881. The monoisotopic (exact) mass is 379 g/mol. The normalized spacial score (nSPS) is 22.0. The average molecular weight is 379 g/mol. The fraction of sp³-hybridized carbons (Fsp3) is 0.364. The van der Waals surface area contributed by atoms with E-state index in [2.05, 4.69) is 15.5 Å². The summed E-state index contributed by atoms with van der Waals surface area (Å²) < 4.78 is 6.01. The summed E-state index contributed by atoms with van der Waals surface area (Å²) in [6, 6.07) is 15.3. The maximum Gasteiger partial charge on any atom is 0.255 e. The molecule has 2 heterocycles. The summed E-state index contributed by atoms with van der Waals surface area (Å²) in [6.45, 7) is 4.51. The third-order valence-electron chi connectivity index (χ3n) is 5.35. The molecule has 0 aliphatic carbocycles. The molecule has 4 rings (SSSR count). The van der Waals surface area contributed by atoms with Crippen LogP contribution < -0.4 is 15.4 Å². The lowest BCUT2D eigenvalue weighted by atomic mass is 9.89. The van der Waals surface area contributed by atoms with Crippen molar-refractivity contribution >= 4 is 17.5 Å². The third-order valence-corrected chi connectivity index (χ3v) is 5.35. The zero-order valence-electron chi connectivity index (χ0n) is 16.0. The maximum absolute atomic E-state index is 12.7. The summed E-state index contributed by atoms with van der Waals surface area (Å²) in [5.74, 6) is 0.521. The minimum absolute atomic E-state index is 0.0605. The van der Waals surface area contributed by atoms with E-state index in [4.69, 9.17) is 4.74 Å². The van der Waals surface area contributed by atoms with Crippen molar-refractivity contribution in [3.8, 4) is 5.75 Å². The molecule has 1 unspecified atom stereocenters. The summed E-state index contributed by atoms with van der Waals surface area (Å²) in [6.07, 6.45) is 1.91. The summed E-state index contributed by atoms with van der Waals surface area (Å²) in [5, 5.41) is 6.03. The quantitative estimate of drug-likeness (QED) is 0.860. The number of ether oxygens (including phenoxy) is 1. The molecular formula is C22H25N3O3. The molecule has 6 nitrogen and oxygen atoms in total. The first-order valence-corrected chi connectivity index (χ1v) is 9.66. The van der Waals surface area contributed by atoms with E-state index in [1.54, 1.807) is 6.07 Å². The molecular weight excluding hydrogens is 354 g/mol. The van der Waals surface area contributed by atoms with Crippen LogP contribution in [0.25, 0.3) is 0 Å². The number of hydrogen-bond donors (Lipinski definition) is 2. The van der Waals surface area contributed by atoms with Crippen LogP contribution in [0.15, 0.2) is 48.5 Å². The molecule has 28 heavy (non-hydrogen) atoms. The number of piperidine rings is 1. The van der Waals surface area contributed by atoms with Gasteiger partial charge in [0.15, 0.2) is 0 Å². The smallest absolute Gasteiger partial charge is 0.255 e. The first kappa shape index (κ1) is 18.5. The van der Waals surface area contributed by atoms with Crippen LogP contribution in [0, 0.1) is 0 Å². The molecule has 0 saturated carbocycles. The molecule has 1 saturated heterocycles. The number of hydrogen-bond acceptors (Lipinski definition) is 4. The van der Waals surface area contributed by atoms with Gasteiger partial charge in [-0.1, -0.05) is 24.3 Å². The Morgan fingerprint density at radius 1 is 1.21 bits per heavy atom. The van der Waals surface area contributed by atoms with Crippen molar-refractivity contribution in [3.05, 3.63) is 59.7 Å². The first-order chi connectivity index (χ1) is 13.5. The molecule has 2 amide bonds. The van der Waals surface area contributed by atoms with Crippen LogP contribution in [0.2, 0.25) is 0 Å². The number of rotatable bonds is 3. The Kier molecular flexibility index (Phi) is 5.05. The number of para-hydroxylation sites is 1. The van der Waals surface area contributed by atoms with E-state index in [1.807, 2.05) is 42.5 Å². The number of benzene rings is 2. The van der Waals surface area contributed by atoms with E-state index >= 15 is 0 Å². The molecule has 1 spiro atoms. The van der Waals surface area contributed by atoms with Crippen molar-refractivity contribution in [2.24, 2.45) is 0 Å². The minimum Gasteiger partial charge on any atom is -0.490 e. The number of anilines is 1. The number of nitrogens with zero attached hydrogens (tertiary/aromatic N) is 1. The summed E-state index contributed by atoms with van der Waals surface area (Å²) in [4.78, 5) is 26.2. The van der Waals surface area contributed by atoms with Crippen LogP contribution in [0.3, 0.4) is 0 Å². The number of likely N-dealkylation sites (tertiary alicyclic amines) is 1. The second-order valence-corrected chi connectivity index (χ2v) is 7.71. The number of amides is 2. The van der Waals surface area contributed by atoms with E-state index in [9.17, 15) is 9.59 Å². The van der Waals surface area contributed by atoms with Gasteiger partial charge in [-0.2, -0.15) is 0 Å². The molecule has 1 atom stereocenters. The fourth-order valence-electron chi connectivity index (χ4n) is 4.08. The third kappa shape index (κ3) is 4.02. The second-order valence-electron chi connectivity index (χ2n) is 7.71. The van der Waals surface area contributed by atoms with Gasteiger partial charge in [-0.05, 0) is 49.2 Å². The van der Waals surface area contributed by atoms with Crippen molar-refractivity contribution in [3.63, 3.8) is 0 Å². The van der Waals surface area contributed by atoms with Gasteiger partial charge < -0.3 is 15.4 Å². The molecule has 0 aromatic heterocycles. The Morgan fingerprint density at radius 2 is 2.00 bits per heavy atom. The molecule has 2 aromatic carbocycles. The molecule has 2 N–H and O–H groups in total. The van der Waals surface area contributed by atoms with E-state index in [-0.39, 0.29) is 17.4 Å². The van der Waals surface area contributed by atoms with E-state index in [1.165, 1.54) is 12.5 Å². The lowest BCUT2D eigenvalue weighted by Gasteiger charge is -2.42. The molecule has 2 aliphatic rings.